The highest BCUT2D eigenvalue weighted by atomic mass is 35.5. The molecule has 1 N–H and O–H groups in total. The molecule has 2 heterocycles. The molecule has 0 aromatic heterocycles. The number of halogens is 2. The molecule has 2 aliphatic rings. The summed E-state index contributed by atoms with van der Waals surface area (Å²) in [7, 11) is 0. The van der Waals surface area contributed by atoms with Crippen molar-refractivity contribution in [2.24, 2.45) is 0 Å². The lowest BCUT2D eigenvalue weighted by molar-refractivity contribution is -0.220. The zero-order chi connectivity index (χ0) is 18.3. The largest absolute Gasteiger partial charge is 0.458 e. The first-order valence-corrected chi connectivity index (χ1v) is 8.74. The van der Waals surface area contributed by atoms with Crippen LogP contribution in [0, 0.1) is 5.82 Å². The van der Waals surface area contributed by atoms with Crippen molar-refractivity contribution in [3.05, 3.63) is 76.1 Å². The molecule has 4 rings (SSSR count). The Morgan fingerprint density at radius 2 is 2.08 bits per heavy atom. The van der Waals surface area contributed by atoms with Crippen LogP contribution in [0.25, 0.3) is 0 Å². The SMILES string of the molecule is CC1(c2ccc(Cl)cc2F)Oc2ccccc2C(C2=CC(=O)NCC2)O1. The molecule has 2 atom stereocenters. The zero-order valence-electron chi connectivity index (χ0n) is 14.1. The van der Waals surface area contributed by atoms with E-state index in [2.05, 4.69) is 5.32 Å². The van der Waals surface area contributed by atoms with E-state index in [1.54, 1.807) is 25.1 Å². The molecule has 2 aromatic rings. The van der Waals surface area contributed by atoms with Crippen LogP contribution in [-0.4, -0.2) is 12.5 Å². The van der Waals surface area contributed by atoms with E-state index in [4.69, 9.17) is 21.1 Å². The van der Waals surface area contributed by atoms with Gasteiger partial charge in [-0.1, -0.05) is 29.8 Å². The van der Waals surface area contributed by atoms with Crippen molar-refractivity contribution in [3.8, 4) is 5.75 Å². The number of benzene rings is 2. The summed E-state index contributed by atoms with van der Waals surface area (Å²) in [5.41, 5.74) is 1.91. The van der Waals surface area contributed by atoms with Gasteiger partial charge in [0, 0.05) is 30.1 Å². The van der Waals surface area contributed by atoms with Gasteiger partial charge >= 0.3 is 0 Å². The van der Waals surface area contributed by atoms with Crippen LogP contribution in [0.4, 0.5) is 4.39 Å². The molecular weight excluding hydrogens is 357 g/mol. The highest BCUT2D eigenvalue weighted by molar-refractivity contribution is 6.30. The number of hydrogen-bond acceptors (Lipinski definition) is 3. The number of nitrogens with one attached hydrogen (secondary N) is 1. The molecule has 26 heavy (non-hydrogen) atoms. The van der Waals surface area contributed by atoms with E-state index < -0.39 is 17.7 Å². The normalized spacial score (nSPS) is 25.0. The second-order valence-electron chi connectivity index (χ2n) is 6.47. The van der Waals surface area contributed by atoms with Crippen molar-refractivity contribution in [1.82, 2.24) is 5.32 Å². The number of carbonyl (C=O) groups excluding carboxylic acids is 1. The predicted molar refractivity (Wildman–Crippen MR) is 95.4 cm³/mol. The van der Waals surface area contributed by atoms with Gasteiger partial charge in [-0.3, -0.25) is 4.79 Å². The first-order valence-electron chi connectivity index (χ1n) is 8.36. The zero-order valence-corrected chi connectivity index (χ0v) is 14.8. The molecule has 0 bridgehead atoms. The second-order valence-corrected chi connectivity index (χ2v) is 6.90. The minimum absolute atomic E-state index is 0.154. The molecule has 4 nitrogen and oxygen atoms in total. The third kappa shape index (κ3) is 2.97. The monoisotopic (exact) mass is 373 g/mol. The maximum atomic E-state index is 14.6. The first kappa shape index (κ1) is 17.1. The van der Waals surface area contributed by atoms with Crippen LogP contribution in [0.15, 0.2) is 54.1 Å². The first-order chi connectivity index (χ1) is 12.5. The molecule has 2 aromatic carbocycles. The summed E-state index contributed by atoms with van der Waals surface area (Å²) in [4.78, 5) is 11.8. The van der Waals surface area contributed by atoms with Gasteiger partial charge in [0.05, 0.1) is 5.56 Å². The van der Waals surface area contributed by atoms with Crippen molar-refractivity contribution >= 4 is 17.5 Å². The third-order valence-corrected chi connectivity index (χ3v) is 4.87. The Balaban J connectivity index is 1.81. The number of fused-ring (bicyclic) bond motifs is 1. The van der Waals surface area contributed by atoms with Gasteiger partial charge in [0.1, 0.15) is 17.7 Å². The van der Waals surface area contributed by atoms with Crippen LogP contribution in [0.2, 0.25) is 5.02 Å². The summed E-state index contributed by atoms with van der Waals surface area (Å²) < 4.78 is 26.8. The van der Waals surface area contributed by atoms with Gasteiger partial charge in [0.2, 0.25) is 11.7 Å². The highest BCUT2D eigenvalue weighted by Gasteiger charge is 2.42. The van der Waals surface area contributed by atoms with Gasteiger partial charge in [-0.05, 0) is 36.3 Å². The van der Waals surface area contributed by atoms with Gasteiger partial charge in [-0.25, -0.2) is 4.39 Å². The number of carbonyl (C=O) groups is 1. The summed E-state index contributed by atoms with van der Waals surface area (Å²) in [6.45, 7) is 2.21. The van der Waals surface area contributed by atoms with Gasteiger partial charge in [0.15, 0.2) is 0 Å². The Morgan fingerprint density at radius 1 is 1.27 bits per heavy atom. The van der Waals surface area contributed by atoms with E-state index >= 15 is 0 Å². The average Bonchev–Trinajstić information content (AvgIpc) is 2.60. The molecule has 2 unspecified atom stereocenters. The Hall–Kier alpha value is -2.37. The maximum absolute atomic E-state index is 14.6. The molecule has 0 saturated heterocycles. The minimum Gasteiger partial charge on any atom is -0.458 e. The van der Waals surface area contributed by atoms with Crippen molar-refractivity contribution in [2.45, 2.75) is 25.2 Å². The smallest absolute Gasteiger partial charge is 0.244 e. The number of hydrogen-bond donors (Lipinski definition) is 1. The molecule has 2 aliphatic heterocycles. The minimum atomic E-state index is -1.34. The van der Waals surface area contributed by atoms with E-state index in [-0.39, 0.29) is 11.5 Å². The van der Waals surface area contributed by atoms with E-state index in [1.165, 1.54) is 6.07 Å². The average molecular weight is 374 g/mol. The van der Waals surface area contributed by atoms with E-state index in [1.807, 2.05) is 24.3 Å². The standard InChI is InChI=1S/C20H17ClFNO3/c1-20(15-7-6-13(21)11-16(15)22)25-17-5-3-2-4-14(17)19(26-20)12-8-9-23-18(24)10-12/h2-7,10-11,19H,8-9H2,1H3,(H,23,24). The quantitative estimate of drug-likeness (QED) is 0.856. The lowest BCUT2D eigenvalue weighted by Gasteiger charge is -2.41. The van der Waals surface area contributed by atoms with Gasteiger partial charge in [0.25, 0.3) is 0 Å². The molecular formula is C20H17ClFNO3. The summed E-state index contributed by atoms with van der Waals surface area (Å²) in [5.74, 6) is -1.40. The van der Waals surface area contributed by atoms with Crippen molar-refractivity contribution in [2.75, 3.05) is 6.54 Å². The van der Waals surface area contributed by atoms with Crippen molar-refractivity contribution in [1.29, 1.82) is 0 Å². The van der Waals surface area contributed by atoms with Gasteiger partial charge in [-0.15, -0.1) is 0 Å². The lowest BCUT2D eigenvalue weighted by Crippen LogP contribution is -2.40. The van der Waals surface area contributed by atoms with E-state index in [0.29, 0.717) is 23.7 Å². The molecule has 1 amide bonds. The Kier molecular flexibility index (Phi) is 4.21. The van der Waals surface area contributed by atoms with E-state index in [0.717, 1.165) is 11.1 Å². The Bertz CT molecular complexity index is 914. The van der Waals surface area contributed by atoms with Gasteiger partial charge in [-0.2, -0.15) is 0 Å². The van der Waals surface area contributed by atoms with Crippen LogP contribution < -0.4 is 10.1 Å². The maximum Gasteiger partial charge on any atom is 0.244 e. The lowest BCUT2D eigenvalue weighted by atomic mass is 9.93. The molecule has 0 spiro atoms. The fraction of sp³-hybridized carbons (Fsp3) is 0.250. The van der Waals surface area contributed by atoms with Crippen LogP contribution in [0.1, 0.15) is 30.6 Å². The van der Waals surface area contributed by atoms with Crippen LogP contribution in [-0.2, 0) is 15.3 Å². The molecule has 0 saturated carbocycles. The number of para-hydroxylation sites is 1. The van der Waals surface area contributed by atoms with Gasteiger partial charge < -0.3 is 14.8 Å². The summed E-state index contributed by atoms with van der Waals surface area (Å²) in [6, 6.07) is 11.8. The molecule has 0 radical (unpaired) electrons. The third-order valence-electron chi connectivity index (χ3n) is 4.64. The molecule has 0 aliphatic carbocycles. The predicted octanol–water partition coefficient (Wildman–Crippen LogP) is 4.25. The summed E-state index contributed by atoms with van der Waals surface area (Å²) >= 11 is 5.87. The number of ether oxygens (including phenoxy) is 2. The van der Waals surface area contributed by atoms with Crippen LogP contribution in [0.3, 0.4) is 0 Å². The van der Waals surface area contributed by atoms with Crippen LogP contribution >= 0.6 is 11.6 Å². The van der Waals surface area contributed by atoms with Crippen LogP contribution in [0.5, 0.6) is 5.75 Å². The van der Waals surface area contributed by atoms with Crippen molar-refractivity contribution < 1.29 is 18.7 Å². The second kappa shape index (κ2) is 6.41. The fourth-order valence-corrected chi connectivity index (χ4v) is 3.55. The Labute approximate surface area is 155 Å². The molecule has 0 fully saturated rings. The topological polar surface area (TPSA) is 47.6 Å². The highest BCUT2D eigenvalue weighted by Crippen LogP contribution is 2.47. The van der Waals surface area contributed by atoms with E-state index in [9.17, 15) is 9.18 Å². The number of rotatable bonds is 2. The molecule has 6 heteroatoms. The summed E-state index contributed by atoms with van der Waals surface area (Å²) in [5, 5.41) is 3.07. The van der Waals surface area contributed by atoms with Crippen molar-refractivity contribution in [3.63, 3.8) is 0 Å². The number of amides is 1. The fourth-order valence-electron chi connectivity index (χ4n) is 3.39. The molecule has 134 valence electrons. The summed E-state index contributed by atoms with van der Waals surface area (Å²) in [6.07, 6.45) is 1.71. The Morgan fingerprint density at radius 3 is 2.85 bits per heavy atom.